The Labute approximate surface area is 106 Å². The molecule has 2 aliphatic carbocycles. The lowest BCUT2D eigenvalue weighted by atomic mass is 9.68. The highest BCUT2D eigenvalue weighted by atomic mass is 35.5. The maximum Gasteiger partial charge on any atom is 0.211 e. The highest BCUT2D eigenvalue weighted by molar-refractivity contribution is 6.21. The van der Waals surface area contributed by atoms with Crippen LogP contribution in [0.1, 0.15) is 48.1 Å². The van der Waals surface area contributed by atoms with E-state index in [9.17, 15) is 4.79 Å². The van der Waals surface area contributed by atoms with Crippen LogP contribution in [0.15, 0.2) is 18.2 Å². The Kier molecular flexibility index (Phi) is 2.83. The topological polar surface area (TPSA) is 29.1 Å². The number of carbonyl (C=O) groups excluding carboxylic acids is 1. The van der Waals surface area contributed by atoms with Gasteiger partial charge in [-0.25, -0.2) is 0 Å². The van der Waals surface area contributed by atoms with Crippen molar-refractivity contribution in [2.45, 2.75) is 37.0 Å². The van der Waals surface area contributed by atoms with Crippen molar-refractivity contribution in [3.8, 4) is 0 Å². The first-order valence-corrected chi connectivity index (χ1v) is 6.72. The van der Waals surface area contributed by atoms with E-state index >= 15 is 0 Å². The summed E-state index contributed by atoms with van der Waals surface area (Å²) in [4.78, 5) is 10.7. The summed E-state index contributed by atoms with van der Waals surface area (Å²) in [7, 11) is 0. The number of nitrogens with one attached hydrogen (secondary N) is 1. The van der Waals surface area contributed by atoms with Crippen molar-refractivity contribution in [3.05, 3.63) is 29.3 Å². The number of rotatable bonds is 2. The lowest BCUT2D eigenvalue weighted by Gasteiger charge is -2.40. The maximum atomic E-state index is 10.7. The molecule has 2 bridgehead atoms. The van der Waals surface area contributed by atoms with Crippen molar-refractivity contribution < 1.29 is 4.79 Å². The van der Waals surface area contributed by atoms with E-state index in [-0.39, 0.29) is 5.38 Å². The fourth-order valence-electron chi connectivity index (χ4n) is 3.48. The Morgan fingerprint density at radius 2 is 2.24 bits per heavy atom. The summed E-state index contributed by atoms with van der Waals surface area (Å²) in [5.74, 6) is 1.21. The molecule has 1 aromatic rings. The molecule has 3 unspecified atom stereocenters. The van der Waals surface area contributed by atoms with Crippen LogP contribution in [0.4, 0.5) is 5.69 Å². The molecule has 2 nitrogen and oxygen atoms in total. The highest BCUT2D eigenvalue weighted by Crippen LogP contribution is 2.53. The molecule has 0 spiro atoms. The summed E-state index contributed by atoms with van der Waals surface area (Å²) in [5, 5.41) is 2.94. The molecule has 0 radical (unpaired) electrons. The molecule has 1 saturated carbocycles. The number of fused-ring (bicyclic) bond motifs is 4. The zero-order valence-electron chi connectivity index (χ0n) is 9.66. The van der Waals surface area contributed by atoms with E-state index in [0.717, 1.165) is 12.1 Å². The van der Waals surface area contributed by atoms with E-state index in [1.807, 2.05) is 12.1 Å². The van der Waals surface area contributed by atoms with Gasteiger partial charge in [0.25, 0.3) is 0 Å². The Morgan fingerprint density at radius 3 is 3.06 bits per heavy atom. The molecular formula is C14H16ClNO. The third-order valence-electron chi connectivity index (χ3n) is 4.19. The van der Waals surface area contributed by atoms with Crippen LogP contribution >= 0.6 is 11.6 Å². The molecule has 0 saturated heterocycles. The largest absolute Gasteiger partial charge is 0.328 e. The van der Waals surface area contributed by atoms with E-state index in [1.54, 1.807) is 0 Å². The number of halogens is 1. The van der Waals surface area contributed by atoms with E-state index in [4.69, 9.17) is 11.6 Å². The van der Waals surface area contributed by atoms with Gasteiger partial charge in [0.2, 0.25) is 6.41 Å². The number of hydrogen-bond donors (Lipinski definition) is 1. The van der Waals surface area contributed by atoms with Gasteiger partial charge in [-0.15, -0.1) is 11.6 Å². The first-order chi connectivity index (χ1) is 8.31. The second-order valence-corrected chi connectivity index (χ2v) is 5.57. The quantitative estimate of drug-likeness (QED) is 0.627. The minimum atomic E-state index is 0.120. The van der Waals surface area contributed by atoms with Gasteiger partial charge in [0, 0.05) is 5.69 Å². The Morgan fingerprint density at radius 1 is 1.35 bits per heavy atom. The van der Waals surface area contributed by atoms with Crippen molar-refractivity contribution >= 4 is 23.7 Å². The zero-order chi connectivity index (χ0) is 11.8. The second-order valence-electron chi connectivity index (χ2n) is 5.10. The van der Waals surface area contributed by atoms with Crippen LogP contribution in [-0.2, 0) is 4.79 Å². The van der Waals surface area contributed by atoms with Crippen LogP contribution in [0, 0.1) is 5.92 Å². The molecule has 17 heavy (non-hydrogen) atoms. The summed E-state index contributed by atoms with van der Waals surface area (Å²) in [5.41, 5.74) is 3.48. The van der Waals surface area contributed by atoms with Crippen molar-refractivity contribution in [3.63, 3.8) is 0 Å². The molecule has 1 aromatic carbocycles. The molecule has 2 aliphatic rings. The van der Waals surface area contributed by atoms with Crippen LogP contribution in [0.2, 0.25) is 0 Å². The zero-order valence-corrected chi connectivity index (χ0v) is 10.4. The number of hydrogen-bond acceptors (Lipinski definition) is 1. The summed E-state index contributed by atoms with van der Waals surface area (Å²) >= 11 is 6.57. The molecule has 0 aromatic heterocycles. The van der Waals surface area contributed by atoms with Gasteiger partial charge in [0.05, 0.1) is 5.38 Å². The molecular weight excluding hydrogens is 234 g/mol. The average Bonchev–Trinajstić information content (AvgIpc) is 2.37. The van der Waals surface area contributed by atoms with E-state index in [0.29, 0.717) is 11.8 Å². The predicted molar refractivity (Wildman–Crippen MR) is 69.4 cm³/mol. The number of amides is 1. The first-order valence-electron chi connectivity index (χ1n) is 6.28. The standard InChI is InChI=1S/C14H16ClNO/c15-14-10-4-1-3-9(7-10)13-11(14)5-2-6-12(13)16-8-17/h2,5-6,8-10,14H,1,3-4,7H2,(H,16,17). The van der Waals surface area contributed by atoms with Gasteiger partial charge in [-0.05, 0) is 48.3 Å². The average molecular weight is 250 g/mol. The molecule has 1 amide bonds. The van der Waals surface area contributed by atoms with Gasteiger partial charge in [0.1, 0.15) is 0 Å². The third-order valence-corrected chi connectivity index (χ3v) is 4.78. The van der Waals surface area contributed by atoms with E-state index < -0.39 is 0 Å². The Bertz CT molecular complexity index is 446. The minimum Gasteiger partial charge on any atom is -0.328 e. The highest BCUT2D eigenvalue weighted by Gasteiger charge is 2.37. The number of anilines is 1. The minimum absolute atomic E-state index is 0.120. The summed E-state index contributed by atoms with van der Waals surface area (Å²) in [6, 6.07) is 6.08. The van der Waals surface area contributed by atoms with Gasteiger partial charge >= 0.3 is 0 Å². The van der Waals surface area contributed by atoms with Gasteiger partial charge in [-0.1, -0.05) is 18.6 Å². The van der Waals surface area contributed by atoms with Crippen LogP contribution < -0.4 is 5.32 Å². The molecule has 0 heterocycles. The van der Waals surface area contributed by atoms with E-state index in [1.165, 1.54) is 36.8 Å². The van der Waals surface area contributed by atoms with E-state index in [2.05, 4.69) is 11.4 Å². The summed E-state index contributed by atoms with van der Waals surface area (Å²) < 4.78 is 0. The molecule has 3 rings (SSSR count). The maximum absolute atomic E-state index is 10.7. The fourth-order valence-corrected chi connectivity index (χ4v) is 3.90. The first kappa shape index (κ1) is 11.1. The van der Waals surface area contributed by atoms with Crippen LogP contribution in [0.3, 0.4) is 0 Å². The van der Waals surface area contributed by atoms with Crippen LogP contribution in [0.25, 0.3) is 0 Å². The van der Waals surface area contributed by atoms with Crippen LogP contribution in [-0.4, -0.2) is 6.41 Å². The molecule has 3 heteroatoms. The molecule has 3 atom stereocenters. The van der Waals surface area contributed by atoms with Crippen molar-refractivity contribution in [1.82, 2.24) is 0 Å². The van der Waals surface area contributed by atoms with Crippen molar-refractivity contribution in [1.29, 1.82) is 0 Å². The van der Waals surface area contributed by atoms with Crippen molar-refractivity contribution in [2.75, 3.05) is 5.32 Å². The van der Waals surface area contributed by atoms with Crippen molar-refractivity contribution in [2.24, 2.45) is 5.92 Å². The summed E-state index contributed by atoms with van der Waals surface area (Å²) in [6.45, 7) is 0. The third kappa shape index (κ3) is 1.75. The lowest BCUT2D eigenvalue weighted by Crippen LogP contribution is -2.26. The van der Waals surface area contributed by atoms with Gasteiger partial charge < -0.3 is 5.32 Å². The number of benzene rings is 1. The Balaban J connectivity index is 2.11. The molecule has 90 valence electrons. The number of alkyl halides is 1. The Hall–Kier alpha value is -1.02. The molecule has 1 fully saturated rings. The molecule has 0 aliphatic heterocycles. The van der Waals surface area contributed by atoms with Crippen LogP contribution in [0.5, 0.6) is 0 Å². The second kappa shape index (κ2) is 4.34. The molecule has 1 N–H and O–H groups in total. The monoisotopic (exact) mass is 249 g/mol. The predicted octanol–water partition coefficient (Wildman–Crippen LogP) is 3.82. The normalized spacial score (nSPS) is 30.5. The SMILES string of the molecule is O=CNc1cccc2c1C1CCCC(C1)C2Cl. The smallest absolute Gasteiger partial charge is 0.211 e. The lowest BCUT2D eigenvalue weighted by molar-refractivity contribution is -0.105. The van der Waals surface area contributed by atoms with Gasteiger partial charge in [-0.2, -0.15) is 0 Å². The number of carbonyl (C=O) groups is 1. The fraction of sp³-hybridized carbons (Fsp3) is 0.500. The van der Waals surface area contributed by atoms with Gasteiger partial charge in [0.15, 0.2) is 0 Å². The summed E-state index contributed by atoms with van der Waals surface area (Å²) in [6.07, 6.45) is 5.67. The van der Waals surface area contributed by atoms with Gasteiger partial charge in [-0.3, -0.25) is 4.79 Å².